The Bertz CT molecular complexity index is 980. The Kier molecular flexibility index (Phi) is 7.12. The second-order valence-electron chi connectivity index (χ2n) is 8.67. The summed E-state index contributed by atoms with van der Waals surface area (Å²) in [6.07, 6.45) is 4.39. The van der Waals surface area contributed by atoms with Gasteiger partial charge in [-0.1, -0.05) is 12.1 Å². The molecule has 6 nitrogen and oxygen atoms in total. The molecule has 2 heterocycles. The lowest BCUT2D eigenvalue weighted by molar-refractivity contribution is -0.111. The van der Waals surface area contributed by atoms with Crippen LogP contribution in [0, 0.1) is 0 Å². The number of benzene rings is 2. The molecule has 1 fully saturated rings. The topological polar surface area (TPSA) is 54.0 Å². The van der Waals surface area contributed by atoms with Gasteiger partial charge in [0.05, 0.1) is 6.61 Å². The van der Waals surface area contributed by atoms with Gasteiger partial charge in [-0.25, -0.2) is 0 Å². The highest BCUT2D eigenvalue weighted by Crippen LogP contribution is 2.35. The highest BCUT2D eigenvalue weighted by molar-refractivity contribution is 6.02. The summed E-state index contributed by atoms with van der Waals surface area (Å²) in [7, 11) is 2.16. The summed E-state index contributed by atoms with van der Waals surface area (Å²) < 4.78 is 11.7. The minimum atomic E-state index is -0.168. The third-order valence-corrected chi connectivity index (χ3v) is 5.94. The number of carbonyl (C=O) groups is 1. The molecule has 32 heavy (non-hydrogen) atoms. The molecule has 0 saturated carbocycles. The fraction of sp³-hybridized carbons (Fsp3) is 0.423. The lowest BCUT2D eigenvalue weighted by Crippen LogP contribution is -2.43. The smallest absolute Gasteiger partial charge is 0.248 e. The Morgan fingerprint density at radius 2 is 2.03 bits per heavy atom. The SMILES string of the molecule is CCOc1cc2c(cc1C=CC(=O)Nc1cccc(CN3CCN(C)CC3)c1)OC(C)C2. The third kappa shape index (κ3) is 5.69. The number of likely N-dealkylation sites (N-methyl/N-ethyl adjacent to an activating group) is 1. The summed E-state index contributed by atoms with van der Waals surface area (Å²) in [5, 5.41) is 2.98. The second-order valence-corrected chi connectivity index (χ2v) is 8.67. The number of piperazine rings is 1. The molecule has 2 aliphatic heterocycles. The molecule has 0 radical (unpaired) electrons. The number of ether oxygens (including phenoxy) is 2. The van der Waals surface area contributed by atoms with E-state index < -0.39 is 0 Å². The summed E-state index contributed by atoms with van der Waals surface area (Å²) >= 11 is 0. The van der Waals surface area contributed by atoms with Crippen LogP contribution in [0.3, 0.4) is 0 Å². The molecular formula is C26H33N3O3. The van der Waals surface area contributed by atoms with Gasteiger partial charge in [-0.15, -0.1) is 0 Å². The number of amides is 1. The highest BCUT2D eigenvalue weighted by atomic mass is 16.5. The third-order valence-electron chi connectivity index (χ3n) is 5.94. The summed E-state index contributed by atoms with van der Waals surface area (Å²) in [6, 6.07) is 12.1. The van der Waals surface area contributed by atoms with Gasteiger partial charge in [0.25, 0.3) is 0 Å². The molecule has 1 amide bonds. The quantitative estimate of drug-likeness (QED) is 0.671. The van der Waals surface area contributed by atoms with Crippen molar-refractivity contribution in [2.24, 2.45) is 0 Å². The molecule has 0 bridgehead atoms. The number of nitrogens with one attached hydrogen (secondary N) is 1. The van der Waals surface area contributed by atoms with Crippen LogP contribution in [-0.2, 0) is 17.8 Å². The Hall–Kier alpha value is -2.83. The molecule has 2 aromatic rings. The van der Waals surface area contributed by atoms with Gasteiger partial charge < -0.3 is 19.7 Å². The zero-order valence-electron chi connectivity index (χ0n) is 19.3. The van der Waals surface area contributed by atoms with Crippen LogP contribution in [0.4, 0.5) is 5.69 Å². The fourth-order valence-corrected chi connectivity index (χ4v) is 4.23. The van der Waals surface area contributed by atoms with E-state index in [1.54, 1.807) is 12.2 Å². The Morgan fingerprint density at radius 3 is 2.81 bits per heavy atom. The lowest BCUT2D eigenvalue weighted by atomic mass is 10.1. The summed E-state index contributed by atoms with van der Waals surface area (Å²) in [4.78, 5) is 17.4. The summed E-state index contributed by atoms with van der Waals surface area (Å²) in [5.74, 6) is 1.48. The predicted molar refractivity (Wildman–Crippen MR) is 128 cm³/mol. The highest BCUT2D eigenvalue weighted by Gasteiger charge is 2.21. The fourth-order valence-electron chi connectivity index (χ4n) is 4.23. The van der Waals surface area contributed by atoms with E-state index in [0.717, 1.165) is 67.5 Å². The Morgan fingerprint density at radius 1 is 1.22 bits per heavy atom. The van der Waals surface area contributed by atoms with Crippen molar-refractivity contribution in [3.05, 3.63) is 59.2 Å². The summed E-state index contributed by atoms with van der Waals surface area (Å²) in [5.41, 5.74) is 4.01. The standard InChI is InChI=1S/C26H33N3O3/c1-4-31-24-17-22-14-19(2)32-25(22)16-21(24)8-9-26(30)27-23-7-5-6-20(15-23)18-29-12-10-28(3)11-13-29/h5-9,15-17,19H,4,10-14,18H2,1-3H3,(H,27,30). The first-order valence-corrected chi connectivity index (χ1v) is 11.5. The zero-order valence-corrected chi connectivity index (χ0v) is 19.3. The van der Waals surface area contributed by atoms with Gasteiger partial charge in [0.2, 0.25) is 5.91 Å². The van der Waals surface area contributed by atoms with Crippen LogP contribution in [0.15, 0.2) is 42.5 Å². The van der Waals surface area contributed by atoms with Crippen LogP contribution in [0.5, 0.6) is 11.5 Å². The van der Waals surface area contributed by atoms with Crippen molar-refractivity contribution in [1.29, 1.82) is 0 Å². The van der Waals surface area contributed by atoms with Crippen molar-refractivity contribution < 1.29 is 14.3 Å². The molecule has 2 aromatic carbocycles. The van der Waals surface area contributed by atoms with Crippen LogP contribution in [0.25, 0.3) is 6.08 Å². The van der Waals surface area contributed by atoms with Gasteiger partial charge in [0.1, 0.15) is 17.6 Å². The van der Waals surface area contributed by atoms with Crippen LogP contribution >= 0.6 is 0 Å². The van der Waals surface area contributed by atoms with Gasteiger partial charge in [-0.05, 0) is 56.8 Å². The molecule has 2 aliphatic rings. The molecule has 6 heteroatoms. The van der Waals surface area contributed by atoms with Crippen LogP contribution in [-0.4, -0.2) is 61.6 Å². The number of carbonyl (C=O) groups excluding carboxylic acids is 1. The first-order chi connectivity index (χ1) is 15.5. The zero-order chi connectivity index (χ0) is 22.5. The molecule has 170 valence electrons. The number of rotatable bonds is 7. The number of nitrogens with zero attached hydrogens (tertiary/aromatic N) is 2. The average Bonchev–Trinajstić information content (AvgIpc) is 3.13. The molecule has 1 N–H and O–H groups in total. The molecule has 1 atom stereocenters. The largest absolute Gasteiger partial charge is 0.493 e. The second kappa shape index (κ2) is 10.2. The van der Waals surface area contributed by atoms with Gasteiger partial charge in [0, 0.05) is 62.0 Å². The van der Waals surface area contributed by atoms with Crippen LogP contribution in [0.1, 0.15) is 30.5 Å². The van der Waals surface area contributed by atoms with E-state index in [1.807, 2.05) is 31.2 Å². The minimum Gasteiger partial charge on any atom is -0.493 e. The number of fused-ring (bicyclic) bond motifs is 1. The number of hydrogen-bond donors (Lipinski definition) is 1. The average molecular weight is 436 g/mol. The molecule has 1 saturated heterocycles. The lowest BCUT2D eigenvalue weighted by Gasteiger charge is -2.32. The van der Waals surface area contributed by atoms with E-state index >= 15 is 0 Å². The molecule has 0 aromatic heterocycles. The van der Waals surface area contributed by atoms with Gasteiger partial charge in [-0.3, -0.25) is 9.69 Å². The first kappa shape index (κ1) is 22.4. The molecular weight excluding hydrogens is 402 g/mol. The van der Waals surface area contributed by atoms with Gasteiger partial charge in [0.15, 0.2) is 0 Å². The van der Waals surface area contributed by atoms with E-state index in [4.69, 9.17) is 9.47 Å². The van der Waals surface area contributed by atoms with Crippen molar-refractivity contribution in [3.63, 3.8) is 0 Å². The molecule has 4 rings (SSSR count). The number of hydrogen-bond acceptors (Lipinski definition) is 5. The number of anilines is 1. The maximum absolute atomic E-state index is 12.6. The van der Waals surface area contributed by atoms with Crippen LogP contribution < -0.4 is 14.8 Å². The maximum atomic E-state index is 12.6. The predicted octanol–water partition coefficient (Wildman–Crippen LogP) is 3.81. The van der Waals surface area contributed by atoms with E-state index in [9.17, 15) is 4.79 Å². The normalized spacial score (nSPS) is 19.0. The van der Waals surface area contributed by atoms with E-state index in [0.29, 0.717) is 6.61 Å². The van der Waals surface area contributed by atoms with E-state index in [2.05, 4.69) is 41.2 Å². The molecule has 1 unspecified atom stereocenters. The van der Waals surface area contributed by atoms with Crippen molar-refractivity contribution in [3.8, 4) is 11.5 Å². The van der Waals surface area contributed by atoms with Gasteiger partial charge >= 0.3 is 0 Å². The molecule has 0 spiro atoms. The van der Waals surface area contributed by atoms with Crippen molar-refractivity contribution >= 4 is 17.7 Å². The van der Waals surface area contributed by atoms with Gasteiger partial charge in [-0.2, -0.15) is 0 Å². The first-order valence-electron chi connectivity index (χ1n) is 11.5. The summed E-state index contributed by atoms with van der Waals surface area (Å²) in [6.45, 7) is 9.82. The Labute approximate surface area is 190 Å². The minimum absolute atomic E-state index is 0.167. The van der Waals surface area contributed by atoms with Crippen molar-refractivity contribution in [2.45, 2.75) is 32.9 Å². The monoisotopic (exact) mass is 435 g/mol. The Balaban J connectivity index is 1.40. The van der Waals surface area contributed by atoms with E-state index in [-0.39, 0.29) is 12.0 Å². The maximum Gasteiger partial charge on any atom is 0.248 e. The van der Waals surface area contributed by atoms with E-state index in [1.165, 1.54) is 5.56 Å². The van der Waals surface area contributed by atoms with Crippen molar-refractivity contribution in [1.82, 2.24) is 9.80 Å². The molecule has 0 aliphatic carbocycles. The van der Waals surface area contributed by atoms with Crippen LogP contribution in [0.2, 0.25) is 0 Å². The van der Waals surface area contributed by atoms with Crippen molar-refractivity contribution in [2.75, 3.05) is 45.2 Å².